The molecule has 0 saturated heterocycles. The Bertz CT molecular complexity index is 1060. The highest BCUT2D eigenvalue weighted by Gasteiger charge is 2.18. The van der Waals surface area contributed by atoms with Crippen LogP contribution < -0.4 is 10.0 Å². The molecule has 0 aliphatic heterocycles. The summed E-state index contributed by atoms with van der Waals surface area (Å²) in [6, 6.07) is 12.2. The van der Waals surface area contributed by atoms with Gasteiger partial charge in [0.25, 0.3) is 0 Å². The fourth-order valence-corrected chi connectivity index (χ4v) is 4.17. The standard InChI is InChI=1S/C20H22FN3O3S/c1-14(11-23-13-20(25)18-4-2-3-5-19(18)21)24-28(26,27)17-7-6-16-12-22-9-8-15(16)10-17/h2-10,12,14,20,23-25H,11,13H2,1H3/t14-,20?/m1/s1. The van der Waals surface area contributed by atoms with Crippen molar-refractivity contribution < 1.29 is 17.9 Å². The number of aromatic nitrogens is 1. The van der Waals surface area contributed by atoms with Gasteiger partial charge in [-0.15, -0.1) is 0 Å². The van der Waals surface area contributed by atoms with E-state index < -0.39 is 28.0 Å². The first-order valence-electron chi connectivity index (χ1n) is 8.86. The lowest BCUT2D eigenvalue weighted by atomic mass is 10.1. The van der Waals surface area contributed by atoms with E-state index in [0.717, 1.165) is 10.8 Å². The van der Waals surface area contributed by atoms with Gasteiger partial charge in [-0.1, -0.05) is 24.3 Å². The van der Waals surface area contributed by atoms with Gasteiger partial charge in [0.05, 0.1) is 11.0 Å². The van der Waals surface area contributed by atoms with Gasteiger partial charge in [-0.25, -0.2) is 17.5 Å². The van der Waals surface area contributed by atoms with E-state index in [1.54, 1.807) is 49.6 Å². The van der Waals surface area contributed by atoms with Crippen molar-refractivity contribution in [1.29, 1.82) is 0 Å². The van der Waals surface area contributed by atoms with Crippen LogP contribution >= 0.6 is 0 Å². The predicted octanol–water partition coefficient (Wildman–Crippen LogP) is 2.36. The van der Waals surface area contributed by atoms with Crippen molar-refractivity contribution in [2.24, 2.45) is 0 Å². The van der Waals surface area contributed by atoms with Crippen molar-refractivity contribution in [3.8, 4) is 0 Å². The second-order valence-corrected chi connectivity index (χ2v) is 8.32. The van der Waals surface area contributed by atoms with Gasteiger partial charge < -0.3 is 10.4 Å². The second kappa shape index (κ2) is 8.74. The summed E-state index contributed by atoms with van der Waals surface area (Å²) >= 11 is 0. The summed E-state index contributed by atoms with van der Waals surface area (Å²) in [5.41, 5.74) is 0.203. The summed E-state index contributed by atoms with van der Waals surface area (Å²) < 4.78 is 41.5. The van der Waals surface area contributed by atoms with Crippen LogP contribution in [0.25, 0.3) is 10.8 Å². The molecule has 2 aromatic carbocycles. The van der Waals surface area contributed by atoms with E-state index in [4.69, 9.17) is 0 Å². The van der Waals surface area contributed by atoms with Gasteiger partial charge in [-0.2, -0.15) is 0 Å². The molecule has 28 heavy (non-hydrogen) atoms. The van der Waals surface area contributed by atoms with Gasteiger partial charge in [0.15, 0.2) is 0 Å². The fourth-order valence-electron chi connectivity index (χ4n) is 2.89. The van der Waals surface area contributed by atoms with Gasteiger partial charge in [-0.05, 0) is 36.6 Å². The lowest BCUT2D eigenvalue weighted by molar-refractivity contribution is 0.169. The number of aliphatic hydroxyl groups excluding tert-OH is 1. The van der Waals surface area contributed by atoms with Gasteiger partial charge in [0.1, 0.15) is 5.82 Å². The number of aliphatic hydroxyl groups is 1. The Balaban J connectivity index is 1.57. The highest BCUT2D eigenvalue weighted by molar-refractivity contribution is 7.89. The molecular weight excluding hydrogens is 381 g/mol. The maximum absolute atomic E-state index is 13.7. The van der Waals surface area contributed by atoms with Crippen molar-refractivity contribution in [2.75, 3.05) is 13.1 Å². The lowest BCUT2D eigenvalue weighted by Crippen LogP contribution is -2.40. The Morgan fingerprint density at radius 1 is 1.11 bits per heavy atom. The molecule has 8 heteroatoms. The van der Waals surface area contributed by atoms with Crippen LogP contribution in [0.15, 0.2) is 65.8 Å². The van der Waals surface area contributed by atoms with Crippen molar-refractivity contribution in [3.05, 3.63) is 72.3 Å². The largest absolute Gasteiger partial charge is 0.387 e. The first-order valence-corrected chi connectivity index (χ1v) is 10.3. The highest BCUT2D eigenvalue weighted by Crippen LogP contribution is 2.18. The number of fused-ring (bicyclic) bond motifs is 1. The molecule has 1 unspecified atom stereocenters. The third-order valence-electron chi connectivity index (χ3n) is 4.33. The van der Waals surface area contributed by atoms with E-state index in [1.165, 1.54) is 18.2 Å². The molecule has 0 spiro atoms. The number of halogens is 1. The van der Waals surface area contributed by atoms with Crippen LogP contribution in [0.4, 0.5) is 4.39 Å². The normalized spacial score (nSPS) is 14.1. The van der Waals surface area contributed by atoms with Crippen molar-refractivity contribution >= 4 is 20.8 Å². The Hall–Kier alpha value is -2.39. The number of hydrogen-bond acceptors (Lipinski definition) is 5. The number of nitrogens with one attached hydrogen (secondary N) is 2. The summed E-state index contributed by atoms with van der Waals surface area (Å²) in [6.07, 6.45) is 2.27. The first-order chi connectivity index (χ1) is 13.4. The van der Waals surface area contributed by atoms with Crippen LogP contribution in [0, 0.1) is 5.82 Å². The van der Waals surface area contributed by atoms with E-state index in [1.807, 2.05) is 0 Å². The summed E-state index contributed by atoms with van der Waals surface area (Å²) in [4.78, 5) is 4.18. The SMILES string of the molecule is C[C@H](CNCC(O)c1ccccc1F)NS(=O)(=O)c1ccc2cnccc2c1. The minimum absolute atomic E-state index is 0.107. The van der Waals surface area contributed by atoms with Crippen LogP contribution in [-0.2, 0) is 10.0 Å². The molecule has 1 aromatic heterocycles. The quantitative estimate of drug-likeness (QED) is 0.537. The zero-order valence-corrected chi connectivity index (χ0v) is 16.2. The smallest absolute Gasteiger partial charge is 0.240 e. The summed E-state index contributed by atoms with van der Waals surface area (Å²) in [7, 11) is -3.69. The van der Waals surface area contributed by atoms with Gasteiger partial charge in [0, 0.05) is 42.5 Å². The van der Waals surface area contributed by atoms with Gasteiger partial charge in [-0.3, -0.25) is 4.98 Å². The second-order valence-electron chi connectivity index (χ2n) is 6.60. The van der Waals surface area contributed by atoms with E-state index in [2.05, 4.69) is 15.0 Å². The number of nitrogens with zero attached hydrogens (tertiary/aromatic N) is 1. The summed E-state index contributed by atoms with van der Waals surface area (Å²) in [5, 5.41) is 14.7. The Labute approximate surface area is 163 Å². The summed E-state index contributed by atoms with van der Waals surface area (Å²) in [6.45, 7) is 2.10. The van der Waals surface area contributed by atoms with E-state index in [9.17, 15) is 17.9 Å². The average molecular weight is 403 g/mol. The van der Waals surface area contributed by atoms with E-state index in [0.29, 0.717) is 0 Å². The van der Waals surface area contributed by atoms with Gasteiger partial charge >= 0.3 is 0 Å². The molecule has 0 amide bonds. The third-order valence-corrected chi connectivity index (χ3v) is 5.92. The maximum atomic E-state index is 13.7. The molecule has 2 atom stereocenters. The maximum Gasteiger partial charge on any atom is 0.240 e. The van der Waals surface area contributed by atoms with Crippen LogP contribution in [0.3, 0.4) is 0 Å². The molecule has 3 rings (SSSR count). The molecule has 0 fully saturated rings. The molecule has 0 saturated carbocycles. The monoisotopic (exact) mass is 403 g/mol. The molecule has 0 radical (unpaired) electrons. The van der Waals surface area contributed by atoms with Crippen LogP contribution in [-0.4, -0.2) is 37.6 Å². The molecule has 0 bridgehead atoms. The number of hydrogen-bond donors (Lipinski definition) is 3. The molecule has 0 aliphatic carbocycles. The van der Waals surface area contributed by atoms with Crippen LogP contribution in [0.1, 0.15) is 18.6 Å². The van der Waals surface area contributed by atoms with Crippen molar-refractivity contribution in [3.63, 3.8) is 0 Å². The van der Waals surface area contributed by atoms with Crippen molar-refractivity contribution in [1.82, 2.24) is 15.0 Å². The highest BCUT2D eigenvalue weighted by atomic mass is 32.2. The number of benzene rings is 2. The predicted molar refractivity (Wildman–Crippen MR) is 106 cm³/mol. The molecule has 1 heterocycles. The lowest BCUT2D eigenvalue weighted by Gasteiger charge is -2.17. The number of sulfonamides is 1. The zero-order valence-electron chi connectivity index (χ0n) is 15.3. The molecule has 3 N–H and O–H groups in total. The van der Waals surface area contributed by atoms with E-state index >= 15 is 0 Å². The molecule has 3 aromatic rings. The fraction of sp³-hybridized carbons (Fsp3) is 0.250. The Kier molecular flexibility index (Phi) is 6.35. The average Bonchev–Trinajstić information content (AvgIpc) is 2.67. The van der Waals surface area contributed by atoms with Crippen LogP contribution in [0.2, 0.25) is 0 Å². The van der Waals surface area contributed by atoms with Crippen molar-refractivity contribution in [2.45, 2.75) is 24.0 Å². The zero-order chi connectivity index (χ0) is 20.1. The first kappa shape index (κ1) is 20.3. The minimum atomic E-state index is -3.69. The topological polar surface area (TPSA) is 91.3 Å². The molecule has 148 valence electrons. The summed E-state index contributed by atoms with van der Waals surface area (Å²) in [5.74, 6) is -0.475. The Morgan fingerprint density at radius 2 is 1.89 bits per heavy atom. The number of rotatable bonds is 8. The molecule has 6 nitrogen and oxygen atoms in total. The van der Waals surface area contributed by atoms with Gasteiger partial charge in [0.2, 0.25) is 10.0 Å². The van der Waals surface area contributed by atoms with Crippen LogP contribution in [0.5, 0.6) is 0 Å². The number of pyridine rings is 1. The Morgan fingerprint density at radius 3 is 2.68 bits per heavy atom. The minimum Gasteiger partial charge on any atom is -0.387 e. The molecule has 0 aliphatic rings. The molecular formula is C20H22FN3O3S. The third kappa shape index (κ3) is 4.90. The van der Waals surface area contributed by atoms with E-state index in [-0.39, 0.29) is 23.5 Å².